The molecule has 1 aliphatic rings. The maximum Gasteiger partial charge on any atom is 0.329 e. The van der Waals surface area contributed by atoms with E-state index in [1.165, 1.54) is 19.4 Å². The van der Waals surface area contributed by atoms with Crippen molar-refractivity contribution in [2.45, 2.75) is 51.0 Å². The molecule has 1 aromatic heterocycles. The van der Waals surface area contributed by atoms with E-state index >= 15 is 0 Å². The number of amides is 1. The number of nitrogens with one attached hydrogen (secondary N) is 1. The number of benzene rings is 1. The van der Waals surface area contributed by atoms with E-state index in [-0.39, 0.29) is 11.4 Å². The number of halogens is 1. The molecule has 8 heteroatoms. The van der Waals surface area contributed by atoms with Gasteiger partial charge in [-0.3, -0.25) is 4.79 Å². The lowest BCUT2D eigenvalue weighted by atomic mass is 9.75. The van der Waals surface area contributed by atoms with Crippen LogP contribution in [0, 0.1) is 5.92 Å². The van der Waals surface area contributed by atoms with Crippen molar-refractivity contribution in [1.82, 2.24) is 10.3 Å². The van der Waals surface area contributed by atoms with Crippen LogP contribution in [0.3, 0.4) is 0 Å². The molecule has 0 unspecified atom stereocenters. The third kappa shape index (κ3) is 5.71. The molecule has 0 atom stereocenters. The Kier molecular flexibility index (Phi) is 7.96. The second-order valence-corrected chi connectivity index (χ2v) is 8.59. The molecule has 1 heterocycles. The predicted molar refractivity (Wildman–Crippen MR) is 122 cm³/mol. The van der Waals surface area contributed by atoms with Crippen molar-refractivity contribution in [2.24, 2.45) is 5.92 Å². The van der Waals surface area contributed by atoms with Gasteiger partial charge in [0.15, 0.2) is 5.75 Å². The number of rotatable bonds is 9. The van der Waals surface area contributed by atoms with Gasteiger partial charge in [0.25, 0.3) is 11.8 Å². The minimum absolute atomic E-state index is 0.224. The lowest BCUT2D eigenvalue weighted by Gasteiger charge is -2.37. The number of carbonyl (C=O) groups is 2. The van der Waals surface area contributed by atoms with E-state index in [9.17, 15) is 14.7 Å². The average molecular weight is 461 g/mol. The first-order valence-electron chi connectivity index (χ1n) is 10.8. The minimum atomic E-state index is -1.25. The highest BCUT2D eigenvalue weighted by Gasteiger charge is 2.43. The number of aromatic nitrogens is 1. The summed E-state index contributed by atoms with van der Waals surface area (Å²) in [4.78, 5) is 29.1. The van der Waals surface area contributed by atoms with Crippen LogP contribution in [0.4, 0.5) is 0 Å². The van der Waals surface area contributed by atoms with E-state index < -0.39 is 17.4 Å². The Bertz CT molecular complexity index is 957. The lowest BCUT2D eigenvalue weighted by Crippen LogP contribution is -2.56. The van der Waals surface area contributed by atoms with Crippen LogP contribution in [-0.4, -0.2) is 41.2 Å². The number of hydrogen-bond donors (Lipinski definition) is 2. The molecule has 7 nitrogen and oxygen atoms in total. The molecule has 1 saturated carbocycles. The summed E-state index contributed by atoms with van der Waals surface area (Å²) < 4.78 is 11.1. The zero-order valence-electron chi connectivity index (χ0n) is 18.4. The molecule has 0 saturated heterocycles. The predicted octanol–water partition coefficient (Wildman–Crippen LogP) is 4.52. The summed E-state index contributed by atoms with van der Waals surface area (Å²) in [7, 11) is 1.47. The van der Waals surface area contributed by atoms with E-state index in [4.69, 9.17) is 21.1 Å². The SMILES string of the molecule is CCC1CCC(NC(=O)c2cnc(OC)c(OCCc3cccc(Cl)c3)c2)(C(=O)O)CC1. The van der Waals surface area contributed by atoms with Gasteiger partial charge in [-0.25, -0.2) is 9.78 Å². The largest absolute Gasteiger partial charge is 0.488 e. The first-order chi connectivity index (χ1) is 15.4. The molecular weight excluding hydrogens is 432 g/mol. The minimum Gasteiger partial charge on any atom is -0.488 e. The fourth-order valence-corrected chi connectivity index (χ4v) is 4.26. The Morgan fingerprint density at radius 1 is 1.28 bits per heavy atom. The van der Waals surface area contributed by atoms with Gasteiger partial charge in [-0.1, -0.05) is 37.1 Å². The molecule has 0 spiro atoms. The number of carboxylic acids is 1. The van der Waals surface area contributed by atoms with Crippen LogP contribution >= 0.6 is 11.6 Å². The maximum atomic E-state index is 12.9. The molecule has 1 aliphatic carbocycles. The molecule has 1 amide bonds. The number of methoxy groups -OCH3 is 1. The van der Waals surface area contributed by atoms with Crippen LogP contribution < -0.4 is 14.8 Å². The van der Waals surface area contributed by atoms with Gasteiger partial charge >= 0.3 is 5.97 Å². The molecule has 1 aromatic carbocycles. The van der Waals surface area contributed by atoms with Crippen molar-refractivity contribution >= 4 is 23.5 Å². The van der Waals surface area contributed by atoms with E-state index in [2.05, 4.69) is 17.2 Å². The Morgan fingerprint density at radius 3 is 2.66 bits per heavy atom. The first-order valence-corrected chi connectivity index (χ1v) is 11.2. The normalized spacial score (nSPS) is 20.4. The Hall–Kier alpha value is -2.80. The van der Waals surface area contributed by atoms with Crippen molar-refractivity contribution in [3.05, 3.63) is 52.7 Å². The van der Waals surface area contributed by atoms with E-state index in [1.807, 2.05) is 18.2 Å². The monoisotopic (exact) mass is 460 g/mol. The molecule has 32 heavy (non-hydrogen) atoms. The summed E-state index contributed by atoms with van der Waals surface area (Å²) in [5.41, 5.74) is -0.0118. The van der Waals surface area contributed by atoms with Gasteiger partial charge in [0.1, 0.15) is 5.54 Å². The van der Waals surface area contributed by atoms with Gasteiger partial charge in [-0.05, 0) is 49.3 Å². The summed E-state index contributed by atoms with van der Waals surface area (Å²) in [6, 6.07) is 9.03. The first kappa shape index (κ1) is 23.9. The highest BCUT2D eigenvalue weighted by Crippen LogP contribution is 2.34. The average Bonchev–Trinajstić information content (AvgIpc) is 2.79. The number of ether oxygens (including phenoxy) is 2. The molecule has 3 rings (SSSR count). The molecule has 0 radical (unpaired) electrons. The maximum absolute atomic E-state index is 12.9. The summed E-state index contributed by atoms with van der Waals surface area (Å²) in [6.45, 7) is 2.44. The quantitative estimate of drug-likeness (QED) is 0.571. The van der Waals surface area contributed by atoms with Crippen LogP contribution in [0.1, 0.15) is 54.9 Å². The number of nitrogens with zero attached hydrogens (tertiary/aromatic N) is 1. The summed E-state index contributed by atoms with van der Waals surface area (Å²) in [5.74, 6) is -0.413. The summed E-state index contributed by atoms with van der Waals surface area (Å²) in [6.07, 6.45) is 5.38. The van der Waals surface area contributed by atoms with Crippen LogP contribution in [0.25, 0.3) is 0 Å². The summed E-state index contributed by atoms with van der Waals surface area (Å²) >= 11 is 6.02. The van der Waals surface area contributed by atoms with Crippen molar-refractivity contribution < 1.29 is 24.2 Å². The van der Waals surface area contributed by atoms with Crippen molar-refractivity contribution in [1.29, 1.82) is 0 Å². The molecule has 0 aliphatic heterocycles. The fourth-order valence-electron chi connectivity index (χ4n) is 4.04. The smallest absolute Gasteiger partial charge is 0.329 e. The molecular formula is C24H29ClN2O5. The van der Waals surface area contributed by atoms with E-state index in [1.54, 1.807) is 6.07 Å². The summed E-state index contributed by atoms with van der Waals surface area (Å²) in [5, 5.41) is 13.2. The highest BCUT2D eigenvalue weighted by molar-refractivity contribution is 6.30. The number of carbonyl (C=O) groups excluding carboxylic acids is 1. The Labute approximate surface area is 193 Å². The number of aliphatic carboxylic acids is 1. The van der Waals surface area contributed by atoms with Gasteiger partial charge < -0.3 is 19.9 Å². The fraction of sp³-hybridized carbons (Fsp3) is 0.458. The lowest BCUT2D eigenvalue weighted by molar-refractivity contribution is -0.146. The van der Waals surface area contributed by atoms with E-state index in [0.29, 0.717) is 42.6 Å². The topological polar surface area (TPSA) is 97.8 Å². The number of hydrogen-bond acceptors (Lipinski definition) is 5. The second-order valence-electron chi connectivity index (χ2n) is 8.15. The molecule has 1 fully saturated rings. The zero-order chi connectivity index (χ0) is 23.1. The molecule has 172 valence electrons. The van der Waals surface area contributed by atoms with Crippen molar-refractivity contribution in [3.63, 3.8) is 0 Å². The van der Waals surface area contributed by atoms with Crippen molar-refractivity contribution in [3.8, 4) is 11.6 Å². The molecule has 2 N–H and O–H groups in total. The number of carboxylic acid groups (broad SMARTS) is 1. The van der Waals surface area contributed by atoms with Gasteiger partial charge in [-0.15, -0.1) is 0 Å². The molecule has 0 bridgehead atoms. The van der Waals surface area contributed by atoms with Crippen molar-refractivity contribution in [2.75, 3.05) is 13.7 Å². The van der Waals surface area contributed by atoms with Gasteiger partial charge in [0.2, 0.25) is 0 Å². The van der Waals surface area contributed by atoms with Crippen LogP contribution in [-0.2, 0) is 11.2 Å². The third-order valence-electron chi connectivity index (χ3n) is 6.11. The highest BCUT2D eigenvalue weighted by atomic mass is 35.5. The van der Waals surface area contributed by atoms with Crippen LogP contribution in [0.5, 0.6) is 11.6 Å². The van der Waals surface area contributed by atoms with Gasteiger partial charge in [0, 0.05) is 23.7 Å². The second kappa shape index (κ2) is 10.7. The third-order valence-corrected chi connectivity index (χ3v) is 6.34. The Morgan fingerprint density at radius 2 is 2.03 bits per heavy atom. The van der Waals surface area contributed by atoms with Crippen LogP contribution in [0.2, 0.25) is 5.02 Å². The standard InChI is InChI=1S/C24H29ClN2O5/c1-3-16-7-10-24(11-8-16,23(29)30)27-21(28)18-14-20(22(31-2)26-15-18)32-12-9-17-5-4-6-19(25)13-17/h4-6,13-16H,3,7-12H2,1-2H3,(H,27,28)(H,29,30). The Balaban J connectivity index is 1.70. The molecule has 2 aromatic rings. The van der Waals surface area contributed by atoms with Gasteiger partial charge in [-0.2, -0.15) is 0 Å². The zero-order valence-corrected chi connectivity index (χ0v) is 19.2. The van der Waals surface area contributed by atoms with E-state index in [0.717, 1.165) is 24.8 Å². The number of pyridine rings is 1. The van der Waals surface area contributed by atoms with Gasteiger partial charge in [0.05, 0.1) is 19.3 Å². The van der Waals surface area contributed by atoms with Crippen LogP contribution in [0.15, 0.2) is 36.5 Å².